The van der Waals surface area contributed by atoms with Gasteiger partial charge in [-0.05, 0) is 53.4 Å². The minimum atomic E-state index is -0.461. The lowest BCUT2D eigenvalue weighted by atomic mass is 10.1. The molecule has 166 valence electrons. The van der Waals surface area contributed by atoms with E-state index in [9.17, 15) is 4.79 Å². The van der Waals surface area contributed by atoms with Crippen molar-refractivity contribution < 1.29 is 9.53 Å². The van der Waals surface area contributed by atoms with Gasteiger partial charge in [-0.1, -0.05) is 59.6 Å². The van der Waals surface area contributed by atoms with Crippen LogP contribution in [0.5, 0.6) is 5.75 Å². The second kappa shape index (κ2) is 10.4. The van der Waals surface area contributed by atoms with E-state index in [0.717, 1.165) is 36.4 Å². The maximum atomic E-state index is 11.8. The van der Waals surface area contributed by atoms with Gasteiger partial charge < -0.3 is 20.7 Å². The fraction of sp³-hybridized carbons (Fsp3) is 0.240. The zero-order chi connectivity index (χ0) is 22.5. The van der Waals surface area contributed by atoms with E-state index in [1.807, 2.05) is 36.4 Å². The Kier molecular flexibility index (Phi) is 7.33. The van der Waals surface area contributed by atoms with E-state index >= 15 is 0 Å². The van der Waals surface area contributed by atoms with Crippen molar-refractivity contribution in [2.75, 3.05) is 5.32 Å². The van der Waals surface area contributed by atoms with E-state index in [1.165, 1.54) is 11.1 Å². The third-order valence-electron chi connectivity index (χ3n) is 5.27. The third kappa shape index (κ3) is 5.81. The number of anilines is 1. The van der Waals surface area contributed by atoms with Crippen LogP contribution in [0.15, 0.2) is 60.7 Å². The van der Waals surface area contributed by atoms with Crippen LogP contribution in [0.3, 0.4) is 0 Å². The van der Waals surface area contributed by atoms with Crippen LogP contribution in [0.4, 0.5) is 5.69 Å². The molecule has 0 spiro atoms. The second-order valence-corrected chi connectivity index (χ2v) is 8.67. The van der Waals surface area contributed by atoms with Crippen molar-refractivity contribution in [1.29, 1.82) is 0 Å². The molecule has 5 nitrogen and oxygen atoms in total. The summed E-state index contributed by atoms with van der Waals surface area (Å²) in [5.41, 5.74) is 5.33. The summed E-state index contributed by atoms with van der Waals surface area (Å²) in [4.78, 5) is 11.8. The Morgan fingerprint density at radius 3 is 2.06 bits per heavy atom. The first-order valence-electron chi connectivity index (χ1n) is 10.5. The maximum absolute atomic E-state index is 11.8. The number of rotatable bonds is 8. The molecule has 0 aliphatic carbocycles. The lowest BCUT2D eigenvalue weighted by molar-refractivity contribution is -0.122. The second-order valence-electron chi connectivity index (χ2n) is 7.86. The Balaban J connectivity index is 1.26. The van der Waals surface area contributed by atoms with E-state index in [4.69, 9.17) is 27.9 Å². The molecule has 0 radical (unpaired) electrons. The van der Waals surface area contributed by atoms with Gasteiger partial charge in [0.25, 0.3) is 5.91 Å². The van der Waals surface area contributed by atoms with Crippen molar-refractivity contribution in [2.24, 2.45) is 0 Å². The molecule has 1 aliphatic rings. The first-order valence-corrected chi connectivity index (χ1v) is 11.3. The van der Waals surface area contributed by atoms with Gasteiger partial charge in [-0.15, -0.1) is 0 Å². The molecular formula is C25H25Cl2N3O2. The molecule has 0 bridgehead atoms. The predicted octanol–water partition coefficient (Wildman–Crippen LogP) is 5.29. The van der Waals surface area contributed by atoms with Crippen molar-refractivity contribution in [3.8, 4) is 5.75 Å². The summed E-state index contributed by atoms with van der Waals surface area (Å²) in [7, 11) is 0. The number of halogens is 2. The standard InChI is InChI=1S/C25H25Cl2N3O2/c1-16-25(31)30-23-11-20(6-8-24(23)32-16)15-29-13-18-4-2-3-17(9-18)12-28-14-19-5-7-21(26)22(27)10-19/h2-11,16,28-29H,12-15H2,1H3,(H,30,31). The molecule has 0 aromatic heterocycles. The summed E-state index contributed by atoms with van der Waals surface area (Å²) in [5.74, 6) is 0.592. The maximum Gasteiger partial charge on any atom is 0.265 e. The molecule has 3 aromatic carbocycles. The minimum Gasteiger partial charge on any atom is -0.479 e. The normalized spacial score (nSPS) is 15.1. The SMILES string of the molecule is CC1Oc2ccc(CNCc3cccc(CNCc4ccc(Cl)c(Cl)c4)c3)cc2NC1=O. The third-order valence-corrected chi connectivity index (χ3v) is 6.01. The number of fused-ring (bicyclic) bond motifs is 1. The summed E-state index contributed by atoms with van der Waals surface area (Å²) in [6, 6.07) is 20.0. The van der Waals surface area contributed by atoms with Gasteiger partial charge in [0.2, 0.25) is 0 Å². The van der Waals surface area contributed by atoms with Gasteiger partial charge in [0.1, 0.15) is 5.75 Å². The first-order chi connectivity index (χ1) is 15.5. The zero-order valence-corrected chi connectivity index (χ0v) is 19.3. The topological polar surface area (TPSA) is 62.4 Å². The largest absolute Gasteiger partial charge is 0.479 e. The van der Waals surface area contributed by atoms with Gasteiger partial charge in [0, 0.05) is 26.2 Å². The van der Waals surface area contributed by atoms with E-state index < -0.39 is 6.10 Å². The van der Waals surface area contributed by atoms with Crippen molar-refractivity contribution in [2.45, 2.75) is 39.2 Å². The highest BCUT2D eigenvalue weighted by atomic mass is 35.5. The quantitative estimate of drug-likeness (QED) is 0.419. The molecular weight excluding hydrogens is 445 g/mol. The summed E-state index contributed by atoms with van der Waals surface area (Å²) in [5, 5.41) is 10.9. The Bertz CT molecular complexity index is 1120. The Hall–Kier alpha value is -2.57. The molecule has 1 unspecified atom stereocenters. The monoisotopic (exact) mass is 469 g/mol. The number of nitrogens with one attached hydrogen (secondary N) is 3. The molecule has 3 N–H and O–H groups in total. The fourth-order valence-corrected chi connectivity index (χ4v) is 3.89. The van der Waals surface area contributed by atoms with Gasteiger partial charge in [-0.3, -0.25) is 4.79 Å². The lowest BCUT2D eigenvalue weighted by Crippen LogP contribution is -2.34. The van der Waals surface area contributed by atoms with Crippen LogP contribution in [0.25, 0.3) is 0 Å². The highest BCUT2D eigenvalue weighted by molar-refractivity contribution is 6.42. The lowest BCUT2D eigenvalue weighted by Gasteiger charge is -2.23. The summed E-state index contributed by atoms with van der Waals surface area (Å²) < 4.78 is 5.61. The first kappa shape index (κ1) is 22.6. The van der Waals surface area contributed by atoms with Crippen molar-refractivity contribution in [3.63, 3.8) is 0 Å². The van der Waals surface area contributed by atoms with Crippen LogP contribution >= 0.6 is 23.2 Å². The van der Waals surface area contributed by atoms with Gasteiger partial charge in [-0.25, -0.2) is 0 Å². The van der Waals surface area contributed by atoms with Gasteiger partial charge in [0.15, 0.2) is 6.10 Å². The molecule has 0 fully saturated rings. The molecule has 1 atom stereocenters. The molecule has 0 saturated heterocycles. The molecule has 4 rings (SSSR count). The van der Waals surface area contributed by atoms with Crippen LogP contribution in [0, 0.1) is 0 Å². The number of carbonyl (C=O) groups excluding carboxylic acids is 1. The molecule has 7 heteroatoms. The van der Waals surface area contributed by atoms with Crippen molar-refractivity contribution in [3.05, 3.63) is 93.0 Å². The average Bonchev–Trinajstić information content (AvgIpc) is 2.77. The van der Waals surface area contributed by atoms with Gasteiger partial charge in [0.05, 0.1) is 15.7 Å². The number of benzene rings is 3. The Morgan fingerprint density at radius 2 is 1.41 bits per heavy atom. The van der Waals surface area contributed by atoms with E-state index in [0.29, 0.717) is 22.3 Å². The highest BCUT2D eigenvalue weighted by Gasteiger charge is 2.23. The van der Waals surface area contributed by atoms with Crippen LogP contribution in [0.2, 0.25) is 10.0 Å². The zero-order valence-electron chi connectivity index (χ0n) is 17.8. The average molecular weight is 470 g/mol. The molecule has 0 saturated carbocycles. The summed E-state index contributed by atoms with van der Waals surface area (Å²) in [6.07, 6.45) is -0.461. The van der Waals surface area contributed by atoms with E-state index in [1.54, 1.807) is 6.92 Å². The van der Waals surface area contributed by atoms with E-state index in [-0.39, 0.29) is 5.91 Å². The smallest absolute Gasteiger partial charge is 0.265 e. The van der Waals surface area contributed by atoms with Crippen molar-refractivity contribution >= 4 is 34.8 Å². The van der Waals surface area contributed by atoms with Crippen LogP contribution in [0.1, 0.15) is 29.2 Å². The molecule has 1 heterocycles. The van der Waals surface area contributed by atoms with E-state index in [2.05, 4.69) is 40.2 Å². The number of hydrogen-bond acceptors (Lipinski definition) is 4. The highest BCUT2D eigenvalue weighted by Crippen LogP contribution is 2.30. The van der Waals surface area contributed by atoms with Crippen LogP contribution in [-0.2, 0) is 31.0 Å². The fourth-order valence-electron chi connectivity index (χ4n) is 3.57. The molecule has 32 heavy (non-hydrogen) atoms. The molecule has 1 amide bonds. The Labute approximate surface area is 198 Å². The number of ether oxygens (including phenoxy) is 1. The summed E-state index contributed by atoms with van der Waals surface area (Å²) >= 11 is 12.0. The summed E-state index contributed by atoms with van der Waals surface area (Å²) in [6.45, 7) is 4.66. The predicted molar refractivity (Wildman–Crippen MR) is 129 cm³/mol. The minimum absolute atomic E-state index is 0.118. The Morgan fingerprint density at radius 1 is 0.812 bits per heavy atom. The number of amides is 1. The number of carbonyl (C=O) groups is 1. The van der Waals surface area contributed by atoms with Crippen LogP contribution in [-0.4, -0.2) is 12.0 Å². The number of hydrogen-bond donors (Lipinski definition) is 3. The molecule has 3 aromatic rings. The van der Waals surface area contributed by atoms with Crippen LogP contribution < -0.4 is 20.7 Å². The van der Waals surface area contributed by atoms with Gasteiger partial charge in [-0.2, -0.15) is 0 Å². The van der Waals surface area contributed by atoms with Crippen molar-refractivity contribution in [1.82, 2.24) is 10.6 Å². The molecule has 1 aliphatic heterocycles. The van der Waals surface area contributed by atoms with Gasteiger partial charge >= 0.3 is 0 Å².